The molecule has 0 aliphatic carbocycles. The van der Waals surface area contributed by atoms with Gasteiger partial charge in [0.25, 0.3) is 0 Å². The van der Waals surface area contributed by atoms with Gasteiger partial charge in [-0.15, -0.1) is 0 Å². The molecular weight excluding hydrogens is 592 g/mol. The largest absolute Gasteiger partial charge is 0.348 e. The third-order valence-corrected chi connectivity index (χ3v) is 10.8. The van der Waals surface area contributed by atoms with E-state index < -0.39 is 0 Å². The Morgan fingerprint density at radius 2 is 0.833 bits per heavy atom. The minimum Gasteiger partial charge on any atom is -0.348 e. The fraction of sp³-hybridized carbons (Fsp3) is 1.00. The zero-order valence-electron chi connectivity index (χ0n) is 36.8. The number of ether oxygens (including phenoxy) is 4. The van der Waals surface area contributed by atoms with Crippen molar-refractivity contribution in [3.63, 3.8) is 0 Å². The maximum Gasteiger partial charge on any atom is 0.162 e. The molecule has 4 heteroatoms. The third-order valence-electron chi connectivity index (χ3n) is 10.8. The summed E-state index contributed by atoms with van der Waals surface area (Å²) in [4.78, 5) is 0. The van der Waals surface area contributed by atoms with Gasteiger partial charge in [0.2, 0.25) is 0 Å². The molecule has 0 N–H and O–H groups in total. The van der Waals surface area contributed by atoms with Crippen LogP contribution in [-0.4, -0.2) is 36.5 Å². The summed E-state index contributed by atoms with van der Waals surface area (Å²) in [5, 5.41) is 0. The van der Waals surface area contributed by atoms with Crippen molar-refractivity contribution in [1.82, 2.24) is 0 Å². The SMILES string of the molecule is CC(C)(C)CC1OC(OC(C)(C)C)C(CC(C)(C)C)C(C(C)(C)C)C1OC1OC(C(C)(C)C)C(C(C)(C)C)C(C(C)(C)C)C1C(C)(C)C. The molecule has 0 bridgehead atoms. The molecule has 4 nitrogen and oxygen atoms in total. The van der Waals surface area contributed by atoms with E-state index in [0.717, 1.165) is 12.8 Å². The summed E-state index contributed by atoms with van der Waals surface area (Å²) in [5.41, 5.74) is -0.190. The Morgan fingerprint density at radius 3 is 1.17 bits per heavy atom. The molecule has 48 heavy (non-hydrogen) atoms. The normalized spacial score (nSPS) is 34.0. The second kappa shape index (κ2) is 14.0. The van der Waals surface area contributed by atoms with E-state index in [0.29, 0.717) is 11.8 Å². The van der Waals surface area contributed by atoms with Crippen LogP contribution in [0.15, 0.2) is 0 Å². The lowest BCUT2D eigenvalue weighted by Crippen LogP contribution is -2.65. The van der Waals surface area contributed by atoms with Crippen molar-refractivity contribution in [3.8, 4) is 0 Å². The van der Waals surface area contributed by atoms with Crippen molar-refractivity contribution < 1.29 is 18.9 Å². The van der Waals surface area contributed by atoms with Crippen molar-refractivity contribution >= 4 is 0 Å². The Labute approximate surface area is 301 Å². The highest BCUT2D eigenvalue weighted by Crippen LogP contribution is 2.60. The van der Waals surface area contributed by atoms with Gasteiger partial charge in [0.05, 0.1) is 23.9 Å². The van der Waals surface area contributed by atoms with Crippen LogP contribution in [0.25, 0.3) is 0 Å². The number of rotatable bonds is 5. The lowest BCUT2D eigenvalue weighted by atomic mass is 9.50. The first-order valence-corrected chi connectivity index (χ1v) is 19.5. The maximum absolute atomic E-state index is 7.80. The van der Waals surface area contributed by atoms with Gasteiger partial charge in [0, 0.05) is 17.8 Å². The summed E-state index contributed by atoms with van der Waals surface area (Å²) in [6, 6.07) is 0. The molecule has 0 aromatic heterocycles. The molecule has 2 saturated heterocycles. The molecule has 10 unspecified atom stereocenters. The van der Waals surface area contributed by atoms with Gasteiger partial charge in [-0.3, -0.25) is 0 Å². The number of hydrogen-bond donors (Lipinski definition) is 0. The minimum absolute atomic E-state index is 0.0378. The van der Waals surface area contributed by atoms with E-state index >= 15 is 0 Å². The molecule has 10 atom stereocenters. The van der Waals surface area contributed by atoms with Crippen LogP contribution in [0.3, 0.4) is 0 Å². The molecule has 0 saturated carbocycles. The predicted molar refractivity (Wildman–Crippen MR) is 206 cm³/mol. The highest BCUT2D eigenvalue weighted by molar-refractivity contribution is 5.06. The topological polar surface area (TPSA) is 36.9 Å². The first-order valence-electron chi connectivity index (χ1n) is 19.5. The fourth-order valence-corrected chi connectivity index (χ4v) is 9.39. The van der Waals surface area contributed by atoms with Gasteiger partial charge in [-0.1, -0.05) is 145 Å². The summed E-state index contributed by atoms with van der Waals surface area (Å²) in [7, 11) is 0. The average Bonchev–Trinajstić information content (AvgIpc) is 2.74. The monoisotopic (exact) mass is 679 g/mol. The van der Waals surface area contributed by atoms with E-state index in [-0.39, 0.29) is 92.2 Å². The van der Waals surface area contributed by atoms with Gasteiger partial charge in [0.15, 0.2) is 12.6 Å². The molecule has 0 aromatic rings. The smallest absolute Gasteiger partial charge is 0.162 e. The van der Waals surface area contributed by atoms with Gasteiger partial charge >= 0.3 is 0 Å². The van der Waals surface area contributed by atoms with Crippen LogP contribution in [0.2, 0.25) is 0 Å². The van der Waals surface area contributed by atoms with Crippen molar-refractivity contribution in [3.05, 3.63) is 0 Å². The van der Waals surface area contributed by atoms with E-state index in [1.165, 1.54) is 0 Å². The summed E-state index contributed by atoms with van der Waals surface area (Å²) in [6.45, 7) is 56.7. The zero-order valence-corrected chi connectivity index (χ0v) is 36.8. The van der Waals surface area contributed by atoms with E-state index in [1.807, 2.05) is 0 Å². The molecule has 0 radical (unpaired) electrons. The maximum atomic E-state index is 7.80. The van der Waals surface area contributed by atoms with Crippen molar-refractivity contribution in [2.24, 2.45) is 67.5 Å². The van der Waals surface area contributed by atoms with Crippen molar-refractivity contribution in [1.29, 1.82) is 0 Å². The Kier molecular flexibility index (Phi) is 12.8. The van der Waals surface area contributed by atoms with Crippen LogP contribution < -0.4 is 0 Å². The van der Waals surface area contributed by atoms with Crippen LogP contribution in [0.5, 0.6) is 0 Å². The first kappa shape index (κ1) is 44.0. The second-order valence-corrected chi connectivity index (χ2v) is 24.9. The van der Waals surface area contributed by atoms with E-state index in [4.69, 9.17) is 18.9 Å². The Morgan fingerprint density at radius 1 is 0.417 bits per heavy atom. The molecule has 2 aliphatic rings. The molecule has 2 heterocycles. The molecule has 0 spiro atoms. The predicted octanol–water partition coefficient (Wildman–Crippen LogP) is 12.8. The third kappa shape index (κ3) is 11.7. The molecular formula is C44H86O4. The Hall–Kier alpha value is -0.160. The lowest BCUT2D eigenvalue weighted by molar-refractivity contribution is -0.370. The summed E-state index contributed by atoms with van der Waals surface area (Å²) in [5.74, 6) is 1.32. The van der Waals surface area contributed by atoms with Gasteiger partial charge < -0.3 is 18.9 Å². The summed E-state index contributed by atoms with van der Waals surface area (Å²) >= 11 is 0. The summed E-state index contributed by atoms with van der Waals surface area (Å²) < 4.78 is 29.5. The Balaban J connectivity index is 2.93. The van der Waals surface area contributed by atoms with Crippen LogP contribution in [-0.2, 0) is 18.9 Å². The van der Waals surface area contributed by atoms with Gasteiger partial charge in [0.1, 0.15) is 0 Å². The van der Waals surface area contributed by atoms with E-state index in [9.17, 15) is 0 Å². The molecule has 2 aliphatic heterocycles. The first-order chi connectivity index (χ1) is 20.8. The molecule has 2 fully saturated rings. The van der Waals surface area contributed by atoms with Crippen LogP contribution in [0.1, 0.15) is 179 Å². The second-order valence-electron chi connectivity index (χ2n) is 24.9. The zero-order chi connectivity index (χ0) is 38.0. The van der Waals surface area contributed by atoms with Gasteiger partial charge in [-0.05, 0) is 83.4 Å². The standard InChI is InChI=1S/C44H86O4/c1-37(2,3)25-27-29(39(7,8)9)33(28(26-38(4,5)6)45-35(27)48-44(22,23)24)46-36-32(42(16,17)18)30(40(10,11)12)31(41(13,14)15)34(47-36)43(19,20)21/h27-36H,25-26H2,1-24H3. The quantitative estimate of drug-likeness (QED) is 0.290. The van der Waals surface area contributed by atoms with Gasteiger partial charge in [-0.25, -0.2) is 0 Å². The highest BCUT2D eigenvalue weighted by Gasteiger charge is 2.61. The molecule has 0 amide bonds. The van der Waals surface area contributed by atoms with E-state index in [1.54, 1.807) is 0 Å². The van der Waals surface area contributed by atoms with E-state index in [2.05, 4.69) is 166 Å². The van der Waals surface area contributed by atoms with Crippen LogP contribution >= 0.6 is 0 Å². The van der Waals surface area contributed by atoms with Crippen LogP contribution in [0, 0.1) is 67.5 Å². The molecule has 0 aromatic carbocycles. The highest BCUT2D eigenvalue weighted by atomic mass is 16.7. The summed E-state index contributed by atoms with van der Waals surface area (Å²) in [6.07, 6.45) is 1.01. The fourth-order valence-electron chi connectivity index (χ4n) is 9.39. The van der Waals surface area contributed by atoms with Crippen LogP contribution in [0.4, 0.5) is 0 Å². The van der Waals surface area contributed by atoms with Crippen molar-refractivity contribution in [2.75, 3.05) is 0 Å². The molecule has 2 rings (SSSR count). The average molecular weight is 679 g/mol. The number of hydrogen-bond acceptors (Lipinski definition) is 4. The molecule has 286 valence electrons. The van der Waals surface area contributed by atoms with Gasteiger partial charge in [-0.2, -0.15) is 0 Å². The van der Waals surface area contributed by atoms with Crippen molar-refractivity contribution in [2.45, 2.75) is 216 Å². The lowest BCUT2D eigenvalue weighted by Gasteiger charge is -2.62. The minimum atomic E-state index is -0.353. The Bertz CT molecular complexity index is 1020.